The first-order chi connectivity index (χ1) is 16.9. The average Bonchev–Trinajstić information content (AvgIpc) is 3.51. The first-order valence-corrected chi connectivity index (χ1v) is 12.5. The lowest BCUT2D eigenvalue weighted by atomic mass is 9.97. The fourth-order valence-electron chi connectivity index (χ4n) is 4.54. The van der Waals surface area contributed by atoms with Crippen molar-refractivity contribution in [1.29, 1.82) is 0 Å². The molecule has 4 heterocycles. The zero-order valence-corrected chi connectivity index (χ0v) is 20.7. The summed E-state index contributed by atoms with van der Waals surface area (Å²) < 4.78 is 1.86. The molecule has 0 saturated carbocycles. The molecule has 8 nitrogen and oxygen atoms in total. The molecule has 9 heteroatoms. The highest BCUT2D eigenvalue weighted by Gasteiger charge is 2.30. The van der Waals surface area contributed by atoms with E-state index in [-0.39, 0.29) is 17.9 Å². The number of nitrogens with zero attached hydrogens (tertiary/aromatic N) is 5. The maximum Gasteiger partial charge on any atom is 0.265 e. The molecule has 1 atom stereocenters. The van der Waals surface area contributed by atoms with Gasteiger partial charge < -0.3 is 15.5 Å². The number of fused-ring (bicyclic) bond motifs is 1. The van der Waals surface area contributed by atoms with Crippen molar-refractivity contribution in [3.8, 4) is 0 Å². The van der Waals surface area contributed by atoms with Gasteiger partial charge in [-0.25, -0.2) is 4.98 Å². The molecule has 0 bridgehead atoms. The minimum atomic E-state index is -0.127. The van der Waals surface area contributed by atoms with E-state index in [1.807, 2.05) is 58.2 Å². The third-order valence-corrected chi connectivity index (χ3v) is 7.53. The molecule has 5 rings (SSSR count). The second kappa shape index (κ2) is 9.50. The molecule has 1 aliphatic rings. The number of aromatic nitrogens is 3. The van der Waals surface area contributed by atoms with E-state index in [0.29, 0.717) is 29.2 Å². The van der Waals surface area contributed by atoms with Gasteiger partial charge in [-0.15, -0.1) is 11.3 Å². The van der Waals surface area contributed by atoms with E-state index in [2.05, 4.69) is 5.10 Å². The van der Waals surface area contributed by atoms with Crippen LogP contribution in [0.3, 0.4) is 0 Å². The lowest BCUT2D eigenvalue weighted by Crippen LogP contribution is -2.38. The smallest absolute Gasteiger partial charge is 0.265 e. The van der Waals surface area contributed by atoms with Crippen LogP contribution in [0, 0.1) is 0 Å². The van der Waals surface area contributed by atoms with Crippen molar-refractivity contribution in [2.24, 2.45) is 0 Å². The quantitative estimate of drug-likeness (QED) is 0.454. The number of hydrogen-bond donors (Lipinski definition) is 1. The third kappa shape index (κ3) is 4.51. The van der Waals surface area contributed by atoms with E-state index in [1.165, 1.54) is 16.2 Å². The number of pyridine rings is 1. The van der Waals surface area contributed by atoms with Crippen molar-refractivity contribution in [2.45, 2.75) is 31.8 Å². The summed E-state index contributed by atoms with van der Waals surface area (Å²) in [6.45, 7) is 1.36. The standard InChI is InChI=1S/C26H28N6O2S/c1-30(2)26(34)23-22(27)19-11-12-20(29-24(19)35-23)21-6-3-4-15-32(21)25(33)18-9-7-17(8-10-18)16-31-14-5-13-28-31/h5,7-14,21H,3-4,6,15-16,27H2,1-2H3/t21-/m0/s1. The SMILES string of the molecule is CN(C)C(=O)c1sc2nc([C@@H]3CCCCN3C(=O)c3ccc(Cn4cccn4)cc3)ccc2c1N. The number of amides is 2. The van der Waals surface area contributed by atoms with Gasteiger partial charge in [0.2, 0.25) is 0 Å². The lowest BCUT2D eigenvalue weighted by molar-refractivity contribution is 0.0606. The first kappa shape index (κ1) is 23.0. The normalized spacial score (nSPS) is 15.9. The second-order valence-corrected chi connectivity index (χ2v) is 10.0. The topological polar surface area (TPSA) is 97.4 Å². The van der Waals surface area contributed by atoms with E-state index >= 15 is 0 Å². The van der Waals surface area contributed by atoms with Gasteiger partial charge in [-0.05, 0) is 55.2 Å². The van der Waals surface area contributed by atoms with Crippen molar-refractivity contribution >= 4 is 39.1 Å². The van der Waals surface area contributed by atoms with Gasteiger partial charge in [-0.2, -0.15) is 5.10 Å². The number of benzene rings is 1. The average molecular weight is 489 g/mol. The monoisotopic (exact) mass is 488 g/mol. The van der Waals surface area contributed by atoms with Crippen LogP contribution >= 0.6 is 11.3 Å². The van der Waals surface area contributed by atoms with Crippen molar-refractivity contribution in [3.05, 3.63) is 76.6 Å². The number of thiophene rings is 1. The minimum absolute atomic E-state index is 0.0106. The molecule has 1 aliphatic heterocycles. The van der Waals surface area contributed by atoms with Gasteiger partial charge >= 0.3 is 0 Å². The summed E-state index contributed by atoms with van der Waals surface area (Å²) in [6, 6.07) is 13.4. The maximum atomic E-state index is 13.5. The molecule has 0 radical (unpaired) electrons. The van der Waals surface area contributed by atoms with Gasteiger partial charge in [-0.3, -0.25) is 14.3 Å². The molecular weight excluding hydrogens is 460 g/mol. The van der Waals surface area contributed by atoms with Crippen LogP contribution in [0.25, 0.3) is 10.2 Å². The Labute approximate surface area is 208 Å². The van der Waals surface area contributed by atoms with Crippen LogP contribution in [-0.4, -0.2) is 57.0 Å². The predicted octanol–water partition coefficient (Wildman–Crippen LogP) is 4.19. The van der Waals surface area contributed by atoms with Crippen molar-refractivity contribution in [2.75, 3.05) is 26.4 Å². The van der Waals surface area contributed by atoms with E-state index < -0.39 is 0 Å². The van der Waals surface area contributed by atoms with Crippen LogP contribution in [-0.2, 0) is 6.54 Å². The van der Waals surface area contributed by atoms with Gasteiger partial charge in [0, 0.05) is 44.0 Å². The van der Waals surface area contributed by atoms with Crippen LogP contribution < -0.4 is 5.73 Å². The Morgan fingerprint density at radius 1 is 1.14 bits per heavy atom. The Morgan fingerprint density at radius 3 is 2.66 bits per heavy atom. The van der Waals surface area contributed by atoms with E-state index in [1.54, 1.807) is 20.3 Å². The summed E-state index contributed by atoms with van der Waals surface area (Å²) in [5.41, 5.74) is 9.33. The Balaban J connectivity index is 1.40. The first-order valence-electron chi connectivity index (χ1n) is 11.7. The number of hydrogen-bond acceptors (Lipinski definition) is 6. The van der Waals surface area contributed by atoms with Crippen LogP contribution in [0.4, 0.5) is 5.69 Å². The van der Waals surface area contributed by atoms with Crippen LogP contribution in [0.2, 0.25) is 0 Å². The fourth-order valence-corrected chi connectivity index (χ4v) is 5.66. The molecule has 0 unspecified atom stereocenters. The summed E-state index contributed by atoms with van der Waals surface area (Å²) in [7, 11) is 3.42. The maximum absolute atomic E-state index is 13.5. The number of anilines is 1. The van der Waals surface area contributed by atoms with E-state index in [9.17, 15) is 9.59 Å². The molecule has 180 valence electrons. The van der Waals surface area contributed by atoms with Crippen LogP contribution in [0.5, 0.6) is 0 Å². The predicted molar refractivity (Wildman–Crippen MR) is 137 cm³/mol. The summed E-state index contributed by atoms with van der Waals surface area (Å²) in [5, 5.41) is 5.02. The van der Waals surface area contributed by atoms with Crippen LogP contribution in [0.1, 0.15) is 56.6 Å². The van der Waals surface area contributed by atoms with Gasteiger partial charge in [0.05, 0.1) is 24.0 Å². The zero-order chi connectivity index (χ0) is 24.5. The fraction of sp³-hybridized carbons (Fsp3) is 0.308. The number of likely N-dealkylation sites (tertiary alicyclic amines) is 1. The number of carbonyl (C=O) groups is 2. The summed E-state index contributed by atoms with van der Waals surface area (Å²) in [6.07, 6.45) is 6.53. The highest BCUT2D eigenvalue weighted by atomic mass is 32.1. The molecule has 4 aromatic rings. The molecule has 3 aromatic heterocycles. The molecule has 0 spiro atoms. The Morgan fingerprint density at radius 2 is 1.94 bits per heavy atom. The van der Waals surface area contributed by atoms with Gasteiger partial charge in [0.25, 0.3) is 11.8 Å². The Bertz CT molecular complexity index is 1360. The molecule has 1 aromatic carbocycles. The summed E-state index contributed by atoms with van der Waals surface area (Å²) >= 11 is 1.31. The van der Waals surface area contributed by atoms with Crippen LogP contribution in [0.15, 0.2) is 54.9 Å². The van der Waals surface area contributed by atoms with Crippen molar-refractivity contribution < 1.29 is 9.59 Å². The molecule has 0 aliphatic carbocycles. The molecule has 1 fully saturated rings. The molecular formula is C26H28N6O2S. The van der Waals surface area contributed by atoms with Gasteiger partial charge in [-0.1, -0.05) is 12.1 Å². The largest absolute Gasteiger partial charge is 0.397 e. The van der Waals surface area contributed by atoms with E-state index in [4.69, 9.17) is 10.7 Å². The molecule has 2 amide bonds. The molecule has 1 saturated heterocycles. The highest BCUT2D eigenvalue weighted by Crippen LogP contribution is 2.37. The number of piperidine rings is 1. The Kier molecular flexibility index (Phi) is 6.25. The summed E-state index contributed by atoms with van der Waals surface area (Å²) in [4.78, 5) is 35.6. The van der Waals surface area contributed by atoms with E-state index in [0.717, 1.165) is 40.7 Å². The van der Waals surface area contributed by atoms with Crippen molar-refractivity contribution in [3.63, 3.8) is 0 Å². The summed E-state index contributed by atoms with van der Waals surface area (Å²) in [5.74, 6) is -0.117. The lowest BCUT2D eigenvalue weighted by Gasteiger charge is -2.35. The minimum Gasteiger partial charge on any atom is -0.397 e. The van der Waals surface area contributed by atoms with Gasteiger partial charge in [0.15, 0.2) is 0 Å². The zero-order valence-electron chi connectivity index (χ0n) is 19.8. The Hall–Kier alpha value is -3.72. The van der Waals surface area contributed by atoms with Crippen molar-refractivity contribution in [1.82, 2.24) is 24.6 Å². The highest BCUT2D eigenvalue weighted by molar-refractivity contribution is 7.21. The molecule has 2 N–H and O–H groups in total. The number of nitrogens with two attached hydrogens (primary N) is 1. The third-order valence-electron chi connectivity index (χ3n) is 6.43. The number of nitrogen functional groups attached to an aromatic ring is 1. The molecule has 35 heavy (non-hydrogen) atoms. The number of carbonyl (C=O) groups excluding carboxylic acids is 2. The second-order valence-electron chi connectivity index (χ2n) is 9.04. The van der Waals surface area contributed by atoms with Gasteiger partial charge in [0.1, 0.15) is 9.71 Å². The number of rotatable bonds is 5.